The molecular weight excluding hydrogens is 264 g/mol. The third-order valence-corrected chi connectivity index (χ3v) is 3.11. The number of anilines is 1. The molecule has 0 aliphatic heterocycles. The molecule has 5 nitrogen and oxygen atoms in total. The van der Waals surface area contributed by atoms with Crippen LogP contribution < -0.4 is 10.1 Å². The van der Waals surface area contributed by atoms with Crippen molar-refractivity contribution in [2.75, 3.05) is 19.0 Å². The molecule has 1 N–H and O–H groups in total. The molecule has 106 valence electrons. The van der Waals surface area contributed by atoms with E-state index in [2.05, 4.69) is 20.3 Å². The second-order valence-corrected chi connectivity index (χ2v) is 4.54. The number of rotatable bonds is 5. The van der Waals surface area contributed by atoms with Gasteiger partial charge in [0.05, 0.1) is 17.5 Å². The Labute approximate surface area is 123 Å². The zero-order valence-corrected chi connectivity index (χ0v) is 11.8. The maximum atomic E-state index is 5.83. The van der Waals surface area contributed by atoms with E-state index in [1.54, 1.807) is 13.2 Å². The molecule has 0 unspecified atom stereocenters. The highest BCUT2D eigenvalue weighted by Crippen LogP contribution is 2.23. The third-order valence-electron chi connectivity index (χ3n) is 3.11. The topological polar surface area (TPSA) is 59.9 Å². The normalized spacial score (nSPS) is 10.5. The predicted octanol–water partition coefficient (Wildman–Crippen LogP) is 2.69. The van der Waals surface area contributed by atoms with Crippen molar-refractivity contribution in [3.63, 3.8) is 0 Å². The van der Waals surface area contributed by atoms with Crippen molar-refractivity contribution in [1.29, 1.82) is 0 Å². The molecule has 0 amide bonds. The molecule has 0 bridgehead atoms. The fourth-order valence-corrected chi connectivity index (χ4v) is 2.07. The van der Waals surface area contributed by atoms with Crippen LogP contribution >= 0.6 is 0 Å². The number of ether oxygens (including phenoxy) is 1. The van der Waals surface area contributed by atoms with Gasteiger partial charge in [0.25, 0.3) is 0 Å². The predicted molar refractivity (Wildman–Crippen MR) is 82.5 cm³/mol. The first-order valence-corrected chi connectivity index (χ1v) is 6.84. The molecule has 0 fully saturated rings. The van der Waals surface area contributed by atoms with Crippen LogP contribution in [0.4, 0.5) is 5.95 Å². The number of fused-ring (bicyclic) bond motifs is 1. The minimum Gasteiger partial charge on any atom is -0.477 e. The minimum absolute atomic E-state index is 0.529. The lowest BCUT2D eigenvalue weighted by atomic mass is 10.2. The summed E-state index contributed by atoms with van der Waals surface area (Å²) < 4.78 is 5.83. The van der Waals surface area contributed by atoms with Gasteiger partial charge in [-0.2, -0.15) is 4.98 Å². The summed E-state index contributed by atoms with van der Waals surface area (Å²) in [7, 11) is 1.79. The number of nitrogens with zero attached hydrogens (tertiary/aromatic N) is 3. The van der Waals surface area contributed by atoms with Gasteiger partial charge < -0.3 is 10.1 Å². The number of pyridine rings is 1. The average Bonchev–Trinajstić information content (AvgIpc) is 2.55. The Morgan fingerprint density at radius 3 is 2.71 bits per heavy atom. The molecule has 0 atom stereocenters. The lowest BCUT2D eigenvalue weighted by Gasteiger charge is -2.09. The van der Waals surface area contributed by atoms with Crippen molar-refractivity contribution in [3.05, 3.63) is 54.4 Å². The van der Waals surface area contributed by atoms with Gasteiger partial charge in [-0.05, 0) is 24.3 Å². The summed E-state index contributed by atoms with van der Waals surface area (Å²) in [5.74, 6) is 1.16. The molecular formula is C16H16N4O. The van der Waals surface area contributed by atoms with Crippen LogP contribution in [0, 0.1) is 0 Å². The number of para-hydroxylation sites is 1. The molecule has 0 aliphatic rings. The highest BCUT2D eigenvalue weighted by atomic mass is 16.5. The van der Waals surface area contributed by atoms with Gasteiger partial charge in [0.15, 0.2) is 0 Å². The number of nitrogens with one attached hydrogen (secondary N) is 1. The fraction of sp³-hybridized carbons (Fsp3) is 0.188. The zero-order chi connectivity index (χ0) is 14.5. The number of hydrogen-bond acceptors (Lipinski definition) is 5. The van der Waals surface area contributed by atoms with Crippen LogP contribution in [0.15, 0.2) is 48.7 Å². The Morgan fingerprint density at radius 2 is 1.90 bits per heavy atom. The molecule has 3 rings (SSSR count). The molecule has 21 heavy (non-hydrogen) atoms. The molecule has 0 spiro atoms. The quantitative estimate of drug-likeness (QED) is 0.778. The Balaban J connectivity index is 1.79. The first-order chi connectivity index (χ1) is 10.4. The number of aromatic nitrogens is 3. The van der Waals surface area contributed by atoms with Crippen molar-refractivity contribution in [2.45, 2.75) is 6.42 Å². The second-order valence-electron chi connectivity index (χ2n) is 4.54. The van der Waals surface area contributed by atoms with Gasteiger partial charge in [-0.25, -0.2) is 4.98 Å². The SMILES string of the molecule is CNc1nc(OCCc2ccccn2)c2ccccc2n1. The van der Waals surface area contributed by atoms with Gasteiger partial charge in [-0.15, -0.1) is 0 Å². The van der Waals surface area contributed by atoms with E-state index in [1.165, 1.54) is 0 Å². The third kappa shape index (κ3) is 3.08. The van der Waals surface area contributed by atoms with Crippen LogP contribution in [-0.4, -0.2) is 28.6 Å². The molecule has 0 saturated heterocycles. The van der Waals surface area contributed by atoms with E-state index in [1.807, 2.05) is 42.5 Å². The Bertz CT molecular complexity index is 731. The first kappa shape index (κ1) is 13.3. The van der Waals surface area contributed by atoms with E-state index >= 15 is 0 Å². The van der Waals surface area contributed by atoms with Crippen molar-refractivity contribution in [1.82, 2.24) is 15.0 Å². The van der Waals surface area contributed by atoms with Crippen molar-refractivity contribution in [3.8, 4) is 5.88 Å². The minimum atomic E-state index is 0.529. The van der Waals surface area contributed by atoms with E-state index in [-0.39, 0.29) is 0 Å². The van der Waals surface area contributed by atoms with Crippen LogP contribution in [0.5, 0.6) is 5.88 Å². The lowest BCUT2D eigenvalue weighted by molar-refractivity contribution is 0.312. The maximum absolute atomic E-state index is 5.83. The van der Waals surface area contributed by atoms with Crippen molar-refractivity contribution < 1.29 is 4.74 Å². The van der Waals surface area contributed by atoms with Gasteiger partial charge in [0.2, 0.25) is 11.8 Å². The van der Waals surface area contributed by atoms with Crippen LogP contribution in [0.3, 0.4) is 0 Å². The Hall–Kier alpha value is -2.69. The Kier molecular flexibility index (Phi) is 3.91. The fourth-order valence-electron chi connectivity index (χ4n) is 2.07. The zero-order valence-electron chi connectivity index (χ0n) is 11.8. The molecule has 5 heteroatoms. The van der Waals surface area contributed by atoms with Crippen LogP contribution in [0.1, 0.15) is 5.69 Å². The van der Waals surface area contributed by atoms with Crippen molar-refractivity contribution >= 4 is 16.9 Å². The van der Waals surface area contributed by atoms with E-state index in [4.69, 9.17) is 4.74 Å². The lowest BCUT2D eigenvalue weighted by Crippen LogP contribution is -2.06. The number of hydrogen-bond donors (Lipinski definition) is 1. The van der Waals surface area contributed by atoms with Gasteiger partial charge in [0.1, 0.15) is 0 Å². The standard InChI is InChI=1S/C16H16N4O/c1-17-16-19-14-8-3-2-7-13(14)15(20-16)21-11-9-12-6-4-5-10-18-12/h2-8,10H,9,11H2,1H3,(H,17,19,20). The summed E-state index contributed by atoms with van der Waals surface area (Å²) in [6, 6.07) is 13.7. The van der Waals surface area contributed by atoms with Gasteiger partial charge in [0, 0.05) is 25.4 Å². The van der Waals surface area contributed by atoms with Gasteiger partial charge in [-0.3, -0.25) is 4.98 Å². The monoisotopic (exact) mass is 280 g/mol. The Morgan fingerprint density at radius 1 is 1.05 bits per heavy atom. The molecule has 0 aliphatic carbocycles. The van der Waals surface area contributed by atoms with Crippen molar-refractivity contribution in [2.24, 2.45) is 0 Å². The molecule has 0 saturated carbocycles. The smallest absolute Gasteiger partial charge is 0.226 e. The highest BCUT2D eigenvalue weighted by molar-refractivity contribution is 5.84. The van der Waals surface area contributed by atoms with Crippen LogP contribution in [0.25, 0.3) is 10.9 Å². The van der Waals surface area contributed by atoms with Crippen LogP contribution in [-0.2, 0) is 6.42 Å². The van der Waals surface area contributed by atoms with E-state index in [0.29, 0.717) is 18.4 Å². The summed E-state index contributed by atoms with van der Waals surface area (Å²) in [4.78, 5) is 13.1. The summed E-state index contributed by atoms with van der Waals surface area (Å²) in [6.45, 7) is 0.529. The van der Waals surface area contributed by atoms with Gasteiger partial charge in [-0.1, -0.05) is 18.2 Å². The number of benzene rings is 1. The highest BCUT2D eigenvalue weighted by Gasteiger charge is 2.07. The molecule has 1 aromatic carbocycles. The molecule has 2 heterocycles. The van der Waals surface area contributed by atoms with E-state index in [0.717, 1.165) is 23.0 Å². The summed E-state index contributed by atoms with van der Waals surface area (Å²) >= 11 is 0. The van der Waals surface area contributed by atoms with E-state index in [9.17, 15) is 0 Å². The van der Waals surface area contributed by atoms with E-state index < -0.39 is 0 Å². The molecule has 3 aromatic rings. The molecule has 2 aromatic heterocycles. The summed E-state index contributed by atoms with van der Waals surface area (Å²) in [5, 5.41) is 3.87. The molecule has 0 radical (unpaired) electrons. The first-order valence-electron chi connectivity index (χ1n) is 6.84. The summed E-state index contributed by atoms with van der Waals surface area (Å²) in [5.41, 5.74) is 1.87. The second kappa shape index (κ2) is 6.17. The maximum Gasteiger partial charge on any atom is 0.226 e. The largest absolute Gasteiger partial charge is 0.477 e. The summed E-state index contributed by atoms with van der Waals surface area (Å²) in [6.07, 6.45) is 2.53. The average molecular weight is 280 g/mol. The van der Waals surface area contributed by atoms with Gasteiger partial charge >= 0.3 is 0 Å². The van der Waals surface area contributed by atoms with Crippen LogP contribution in [0.2, 0.25) is 0 Å².